The van der Waals surface area contributed by atoms with E-state index >= 15 is 0 Å². The summed E-state index contributed by atoms with van der Waals surface area (Å²) in [5, 5.41) is 2.84. The summed E-state index contributed by atoms with van der Waals surface area (Å²) < 4.78 is 5.78. The summed E-state index contributed by atoms with van der Waals surface area (Å²) >= 11 is 0. The van der Waals surface area contributed by atoms with Crippen LogP contribution < -0.4 is 10.1 Å². The van der Waals surface area contributed by atoms with Crippen LogP contribution in [0.15, 0.2) is 48.5 Å². The lowest BCUT2D eigenvalue weighted by molar-refractivity contribution is 0.102. The highest BCUT2D eigenvalue weighted by atomic mass is 16.5. The molecule has 103 valence electrons. The quantitative estimate of drug-likeness (QED) is 0.892. The Bertz CT molecular complexity index is 566. The first-order chi connectivity index (χ1) is 9.70. The van der Waals surface area contributed by atoms with E-state index in [-0.39, 0.29) is 12.0 Å². The Balaban J connectivity index is 2.17. The third-order valence-corrected chi connectivity index (χ3v) is 3.00. The molecule has 1 radical (unpaired) electrons. The molecule has 1 unspecified atom stereocenters. The number of carbonyl (C=O) groups excluding carboxylic acids is 1. The summed E-state index contributed by atoms with van der Waals surface area (Å²) in [6, 6.07) is 17.4. The van der Waals surface area contributed by atoms with Crippen molar-refractivity contribution in [2.45, 2.75) is 26.4 Å². The zero-order valence-electron chi connectivity index (χ0n) is 11.7. The zero-order chi connectivity index (χ0) is 14.4. The van der Waals surface area contributed by atoms with Gasteiger partial charge in [-0.3, -0.25) is 4.79 Å². The summed E-state index contributed by atoms with van der Waals surface area (Å²) in [5.41, 5.74) is 1.26. The summed E-state index contributed by atoms with van der Waals surface area (Å²) in [6.45, 7) is 4.04. The number of ether oxygens (including phenoxy) is 1. The Kier molecular flexibility index (Phi) is 4.77. The first-order valence-electron chi connectivity index (χ1n) is 6.74. The lowest BCUT2D eigenvalue weighted by Crippen LogP contribution is -2.16. The fourth-order valence-corrected chi connectivity index (χ4v) is 1.73. The molecule has 0 aromatic heterocycles. The maximum atomic E-state index is 12.3. The molecule has 1 atom stereocenters. The Morgan fingerprint density at radius 2 is 2.10 bits per heavy atom. The molecule has 0 bridgehead atoms. The Hall–Kier alpha value is -2.29. The molecule has 0 heterocycles. The predicted molar refractivity (Wildman–Crippen MR) is 80.1 cm³/mol. The number of hydrogen-bond acceptors (Lipinski definition) is 2. The van der Waals surface area contributed by atoms with E-state index in [2.05, 4.69) is 11.4 Å². The van der Waals surface area contributed by atoms with Crippen molar-refractivity contribution in [3.05, 3.63) is 60.2 Å². The molecule has 0 aliphatic heterocycles. The molecule has 1 N–H and O–H groups in total. The van der Waals surface area contributed by atoms with Crippen molar-refractivity contribution >= 4 is 11.6 Å². The van der Waals surface area contributed by atoms with Gasteiger partial charge in [-0.2, -0.15) is 0 Å². The van der Waals surface area contributed by atoms with E-state index in [9.17, 15) is 4.79 Å². The van der Waals surface area contributed by atoms with Gasteiger partial charge in [-0.25, -0.2) is 0 Å². The number of hydrogen-bond donors (Lipinski definition) is 1. The van der Waals surface area contributed by atoms with Gasteiger partial charge in [0.25, 0.3) is 5.91 Å². The average Bonchev–Trinajstić information content (AvgIpc) is 2.48. The number of rotatable bonds is 5. The van der Waals surface area contributed by atoms with Crippen LogP contribution in [0.5, 0.6) is 5.75 Å². The van der Waals surface area contributed by atoms with Crippen LogP contribution in [0.3, 0.4) is 0 Å². The molecule has 3 heteroatoms. The molecule has 1 amide bonds. The van der Waals surface area contributed by atoms with Crippen LogP contribution in [0.1, 0.15) is 30.6 Å². The lowest BCUT2D eigenvalue weighted by Gasteiger charge is -2.15. The minimum Gasteiger partial charge on any atom is -0.490 e. The highest BCUT2D eigenvalue weighted by Crippen LogP contribution is 2.21. The number of para-hydroxylation sites is 1. The molecule has 0 fully saturated rings. The number of anilines is 1. The highest BCUT2D eigenvalue weighted by molar-refractivity contribution is 6.06. The smallest absolute Gasteiger partial charge is 0.259 e. The molecule has 2 aromatic carbocycles. The number of amides is 1. The van der Waals surface area contributed by atoms with E-state index in [1.165, 1.54) is 0 Å². The SMILES string of the molecule is CCC(C)Oc1ccccc1C(=O)Nc1c[c]ccc1. The summed E-state index contributed by atoms with van der Waals surface area (Å²) in [5.74, 6) is 0.433. The molecule has 0 spiro atoms. The third-order valence-electron chi connectivity index (χ3n) is 3.00. The van der Waals surface area contributed by atoms with E-state index in [4.69, 9.17) is 4.74 Å². The number of carbonyl (C=O) groups is 1. The monoisotopic (exact) mass is 268 g/mol. The molecule has 0 aliphatic rings. The standard InChI is InChI=1S/C17H18NO2/c1-3-13(2)20-16-12-8-7-11-15(16)17(19)18-14-9-5-4-6-10-14/h4-5,7-13H,3H2,1-2H3,(H,18,19). The van der Waals surface area contributed by atoms with E-state index < -0.39 is 0 Å². The van der Waals surface area contributed by atoms with E-state index in [0.717, 1.165) is 12.1 Å². The van der Waals surface area contributed by atoms with Crippen LogP contribution in [0, 0.1) is 6.07 Å². The van der Waals surface area contributed by atoms with Crippen LogP contribution in [-0.2, 0) is 0 Å². The largest absolute Gasteiger partial charge is 0.490 e. The van der Waals surface area contributed by atoms with Crippen LogP contribution in [0.2, 0.25) is 0 Å². The van der Waals surface area contributed by atoms with Crippen LogP contribution >= 0.6 is 0 Å². The van der Waals surface area contributed by atoms with Gasteiger partial charge in [0.15, 0.2) is 0 Å². The molecule has 20 heavy (non-hydrogen) atoms. The molecule has 0 saturated heterocycles. The van der Waals surface area contributed by atoms with Crippen molar-refractivity contribution in [1.29, 1.82) is 0 Å². The average molecular weight is 268 g/mol. The second kappa shape index (κ2) is 6.75. The first kappa shape index (κ1) is 14.1. The van der Waals surface area contributed by atoms with Gasteiger partial charge >= 0.3 is 0 Å². The van der Waals surface area contributed by atoms with Gasteiger partial charge in [0, 0.05) is 5.69 Å². The second-order valence-electron chi connectivity index (χ2n) is 4.58. The minimum absolute atomic E-state index is 0.0778. The van der Waals surface area contributed by atoms with Crippen molar-refractivity contribution in [2.75, 3.05) is 5.32 Å². The van der Waals surface area contributed by atoms with Crippen molar-refractivity contribution in [2.24, 2.45) is 0 Å². The van der Waals surface area contributed by atoms with Gasteiger partial charge < -0.3 is 10.1 Å². The first-order valence-corrected chi connectivity index (χ1v) is 6.74. The molecule has 3 nitrogen and oxygen atoms in total. The van der Waals surface area contributed by atoms with E-state index in [1.807, 2.05) is 44.2 Å². The van der Waals surface area contributed by atoms with Crippen molar-refractivity contribution in [3.63, 3.8) is 0 Å². The van der Waals surface area contributed by atoms with Crippen molar-refractivity contribution < 1.29 is 9.53 Å². The topological polar surface area (TPSA) is 38.3 Å². The van der Waals surface area contributed by atoms with Gasteiger partial charge in [0.2, 0.25) is 0 Å². The Morgan fingerprint density at radius 1 is 1.30 bits per heavy atom. The Morgan fingerprint density at radius 3 is 2.80 bits per heavy atom. The van der Waals surface area contributed by atoms with Gasteiger partial charge in [-0.1, -0.05) is 31.2 Å². The fourth-order valence-electron chi connectivity index (χ4n) is 1.73. The number of benzene rings is 2. The van der Waals surface area contributed by atoms with Gasteiger partial charge in [-0.15, -0.1) is 0 Å². The van der Waals surface area contributed by atoms with Crippen molar-refractivity contribution in [3.8, 4) is 5.75 Å². The van der Waals surface area contributed by atoms with Gasteiger partial charge in [-0.05, 0) is 43.7 Å². The molecule has 2 rings (SSSR count). The molecule has 0 aliphatic carbocycles. The van der Waals surface area contributed by atoms with Crippen LogP contribution in [-0.4, -0.2) is 12.0 Å². The Labute approximate surface area is 119 Å². The van der Waals surface area contributed by atoms with E-state index in [0.29, 0.717) is 11.3 Å². The summed E-state index contributed by atoms with van der Waals surface area (Å²) in [6.07, 6.45) is 0.970. The van der Waals surface area contributed by atoms with Crippen LogP contribution in [0.4, 0.5) is 5.69 Å². The van der Waals surface area contributed by atoms with E-state index in [1.54, 1.807) is 18.2 Å². The molecular weight excluding hydrogens is 250 g/mol. The zero-order valence-corrected chi connectivity index (χ0v) is 11.7. The summed E-state index contributed by atoms with van der Waals surface area (Å²) in [4.78, 5) is 12.3. The maximum absolute atomic E-state index is 12.3. The summed E-state index contributed by atoms with van der Waals surface area (Å²) in [7, 11) is 0. The second-order valence-corrected chi connectivity index (χ2v) is 4.58. The lowest BCUT2D eigenvalue weighted by atomic mass is 10.1. The normalized spacial score (nSPS) is 11.7. The predicted octanol–water partition coefficient (Wildman–Crippen LogP) is 3.92. The molecule has 0 saturated carbocycles. The van der Waals surface area contributed by atoms with Gasteiger partial charge in [0.05, 0.1) is 11.7 Å². The fraction of sp³-hybridized carbons (Fsp3) is 0.235. The van der Waals surface area contributed by atoms with Crippen molar-refractivity contribution in [1.82, 2.24) is 0 Å². The molecule has 2 aromatic rings. The maximum Gasteiger partial charge on any atom is 0.259 e. The molecular formula is C17H18NO2. The number of nitrogens with one attached hydrogen (secondary N) is 1. The van der Waals surface area contributed by atoms with Crippen LogP contribution in [0.25, 0.3) is 0 Å². The minimum atomic E-state index is -0.177. The highest BCUT2D eigenvalue weighted by Gasteiger charge is 2.13. The third kappa shape index (κ3) is 3.60. The van der Waals surface area contributed by atoms with Gasteiger partial charge in [0.1, 0.15) is 5.75 Å².